The zero-order valence-electron chi connectivity index (χ0n) is 40.6. The summed E-state index contributed by atoms with van der Waals surface area (Å²) >= 11 is 0. The number of esters is 1. The highest BCUT2D eigenvalue weighted by Crippen LogP contribution is 2.27. The average Bonchev–Trinajstić information content (AvgIpc) is 3.29. The van der Waals surface area contributed by atoms with E-state index in [1.165, 1.54) is 24.0 Å². The first-order valence-corrected chi connectivity index (χ1v) is 21.5. The number of nitrogens with zero attached hydrogens (tertiary/aromatic N) is 1. The number of ether oxygens (including phenoxy) is 9. The van der Waals surface area contributed by atoms with Crippen LogP contribution < -0.4 is 18.9 Å². The molecule has 0 fully saturated rings. The van der Waals surface area contributed by atoms with Crippen LogP contribution in [0.15, 0.2) is 109 Å². The van der Waals surface area contributed by atoms with E-state index in [0.717, 1.165) is 27.8 Å². The van der Waals surface area contributed by atoms with E-state index < -0.39 is 19.0 Å². The second kappa shape index (κ2) is 27.3. The van der Waals surface area contributed by atoms with Crippen molar-refractivity contribution in [2.45, 2.75) is 54.2 Å². The summed E-state index contributed by atoms with van der Waals surface area (Å²) in [5.74, 6) is 1.75. The Morgan fingerprint density at radius 2 is 0.859 bits per heavy atom. The summed E-state index contributed by atoms with van der Waals surface area (Å²) in [5.41, 5.74) is 5.87. The summed E-state index contributed by atoms with van der Waals surface area (Å²) in [7, 11) is 0. The third-order valence-electron chi connectivity index (χ3n) is 9.36. The van der Waals surface area contributed by atoms with Crippen molar-refractivity contribution >= 4 is 11.9 Å². The maximum Gasteiger partial charge on any atom is 0.338 e. The molecule has 12 heteroatoms. The second-order valence-electron chi connectivity index (χ2n) is 15.0. The molecule has 5 aromatic rings. The number of benzene rings is 5. The highest BCUT2D eigenvalue weighted by molar-refractivity contribution is 5.89. The molecule has 0 spiro atoms. The molecule has 1 aliphatic heterocycles. The molecule has 1 aliphatic rings. The van der Waals surface area contributed by atoms with Crippen LogP contribution in [0, 0.1) is 27.7 Å². The van der Waals surface area contributed by atoms with Gasteiger partial charge >= 0.3 is 5.97 Å². The average molecular weight is 881 g/mol. The van der Waals surface area contributed by atoms with Gasteiger partial charge in [-0.15, -0.1) is 0 Å². The van der Waals surface area contributed by atoms with Gasteiger partial charge in [-0.2, -0.15) is 0 Å². The van der Waals surface area contributed by atoms with Crippen molar-refractivity contribution in [3.05, 3.63) is 154 Å². The Hall–Kier alpha value is -5.92. The monoisotopic (exact) mass is 880 g/mol. The van der Waals surface area contributed by atoms with Crippen LogP contribution in [0.1, 0.15) is 60.3 Å². The summed E-state index contributed by atoms with van der Waals surface area (Å²) in [6.45, 7) is 11.6. The molecule has 6 rings (SSSR count). The van der Waals surface area contributed by atoms with Gasteiger partial charge in [0.05, 0.1) is 62.5 Å². The van der Waals surface area contributed by atoms with Crippen LogP contribution in [0.5, 0.6) is 23.0 Å². The van der Waals surface area contributed by atoms with E-state index in [1.54, 1.807) is 24.3 Å². The van der Waals surface area contributed by atoms with Gasteiger partial charge < -0.3 is 47.5 Å². The van der Waals surface area contributed by atoms with E-state index >= 15 is 0 Å². The number of aryl methyl sites for hydroxylation is 4. The lowest BCUT2D eigenvalue weighted by Crippen LogP contribution is -2.27. The van der Waals surface area contributed by atoms with Gasteiger partial charge in [0.1, 0.15) is 33.0 Å². The first-order valence-electron chi connectivity index (χ1n) is 23.1. The van der Waals surface area contributed by atoms with Crippen LogP contribution in [0.2, 0.25) is 0 Å². The van der Waals surface area contributed by atoms with Crippen molar-refractivity contribution in [3.63, 3.8) is 0 Å². The summed E-state index contributed by atoms with van der Waals surface area (Å²) in [6.07, 6.45) is 0. The highest BCUT2D eigenvalue weighted by Gasteiger charge is 2.13. The second-order valence-corrected chi connectivity index (χ2v) is 15.0. The molecular formula is C52H63NO11. The van der Waals surface area contributed by atoms with E-state index in [2.05, 4.69) is 6.07 Å². The van der Waals surface area contributed by atoms with Gasteiger partial charge in [-0.1, -0.05) is 95.1 Å². The van der Waals surface area contributed by atoms with Crippen molar-refractivity contribution in [3.8, 4) is 23.0 Å². The van der Waals surface area contributed by atoms with Gasteiger partial charge in [0.15, 0.2) is 23.0 Å². The van der Waals surface area contributed by atoms with Crippen LogP contribution in [-0.4, -0.2) is 96.1 Å². The minimum absolute atomic E-state index is 0.148. The molecule has 0 saturated heterocycles. The maximum absolute atomic E-state index is 12.6. The van der Waals surface area contributed by atoms with Crippen molar-refractivity contribution in [2.75, 3.05) is 79.3 Å². The molecule has 0 radical (unpaired) electrons. The third-order valence-corrected chi connectivity index (χ3v) is 9.36. The first-order chi connectivity index (χ1) is 32.3. The number of fused-ring (bicyclic) bond motifs is 2. The van der Waals surface area contributed by atoms with E-state index in [1.807, 2.05) is 94.4 Å². The summed E-state index contributed by atoms with van der Waals surface area (Å²) < 4.78 is 75.8. The predicted octanol–water partition coefficient (Wildman–Crippen LogP) is 8.81. The lowest BCUT2D eigenvalue weighted by Gasteiger charge is -2.22. The molecule has 0 aromatic heterocycles. The van der Waals surface area contributed by atoms with Crippen LogP contribution >= 0.6 is 0 Å². The Morgan fingerprint density at radius 3 is 1.25 bits per heavy atom. The van der Waals surface area contributed by atoms with Gasteiger partial charge in [-0.25, -0.2) is 4.79 Å². The number of amides is 1. The van der Waals surface area contributed by atoms with Crippen molar-refractivity contribution in [2.24, 2.45) is 0 Å². The molecule has 12 nitrogen and oxygen atoms in total. The molecule has 1 unspecified atom stereocenters. The zero-order valence-corrected chi connectivity index (χ0v) is 37.6. The van der Waals surface area contributed by atoms with Gasteiger partial charge in [0, 0.05) is 20.0 Å². The van der Waals surface area contributed by atoms with E-state index in [4.69, 9.17) is 46.7 Å². The molecule has 342 valence electrons. The van der Waals surface area contributed by atoms with Gasteiger partial charge in [0.25, 0.3) is 0 Å². The van der Waals surface area contributed by atoms with Gasteiger partial charge in [-0.3, -0.25) is 4.79 Å². The fraction of sp³-hybridized carbons (Fsp3) is 0.385. The molecular weight excluding hydrogens is 815 g/mol. The topological polar surface area (TPSA) is 120 Å². The molecule has 0 bridgehead atoms. The predicted molar refractivity (Wildman–Crippen MR) is 245 cm³/mol. The molecule has 1 heterocycles. The molecule has 0 N–H and O–H groups in total. The Bertz CT molecular complexity index is 2140. The molecule has 0 saturated carbocycles. The van der Waals surface area contributed by atoms with Crippen molar-refractivity contribution in [1.29, 1.82) is 0 Å². The van der Waals surface area contributed by atoms with E-state index in [0.29, 0.717) is 114 Å². The normalized spacial score (nSPS) is 15.9. The summed E-state index contributed by atoms with van der Waals surface area (Å²) in [6, 6.07) is 32.6. The molecule has 0 aliphatic carbocycles. The van der Waals surface area contributed by atoms with Gasteiger partial charge in [-0.05, 0) is 80.8 Å². The number of carbonyl (C=O) groups is 2. The Labute approximate surface area is 382 Å². The minimum Gasteiger partial charge on any atom is -0.487 e. The van der Waals surface area contributed by atoms with Crippen LogP contribution in [0.4, 0.5) is 0 Å². The summed E-state index contributed by atoms with van der Waals surface area (Å²) in [5, 5.41) is 0. The van der Waals surface area contributed by atoms with Crippen molar-refractivity contribution in [1.82, 2.24) is 4.90 Å². The smallest absolute Gasteiger partial charge is 0.338 e. The fourth-order valence-corrected chi connectivity index (χ4v) is 6.54. The minimum atomic E-state index is -2.36. The Balaban J connectivity index is 0.000000252. The number of rotatable bonds is 7. The number of carbonyl (C=O) groups excluding carboxylic acids is 2. The Morgan fingerprint density at radius 1 is 0.500 bits per heavy atom. The Kier molecular flexibility index (Phi) is 19.1. The molecule has 5 aromatic carbocycles. The number of hydrogen-bond donors (Lipinski definition) is 0. The molecule has 1 atom stereocenters. The standard InChI is InChI=1S/C28H31NO3.C24H32O8/c1-19-10-20(2)13-26(12-19)17-29(23(5)30)16-24-6-8-25(9-7-24)18-32-28(31)27-14-21(3)11-22(4)15-27;1-2-6-22-21(5-1)29-17-13-25-9-10-27-15-19-31-23-7-3-4-8-24(23)32-20-16-28-12-11-26-14-18-30-22/h6-15H,16-18H2,1-5H3;1-8H,9-20H2/i16D,18D2;. The zero-order chi connectivity index (χ0) is 48.0. The summed E-state index contributed by atoms with van der Waals surface area (Å²) in [4.78, 5) is 26.4. The highest BCUT2D eigenvalue weighted by atomic mass is 16.6. The van der Waals surface area contributed by atoms with Crippen LogP contribution in [0.3, 0.4) is 0 Å². The SMILES string of the molecule is [2H]C(c1ccc(C([2H])([2H])OC(=O)c2cc(C)cc(C)c2)cc1)N(Cc1cc(C)cc(C)c1)C(C)=O.c1ccc2c(c1)OCCOCCOCCOc1ccccc1OCCOCCOCCO2. The quantitative estimate of drug-likeness (QED) is 0.146. The van der Waals surface area contributed by atoms with Crippen LogP contribution in [0.25, 0.3) is 0 Å². The van der Waals surface area contributed by atoms with E-state index in [-0.39, 0.29) is 17.0 Å². The fourth-order valence-electron chi connectivity index (χ4n) is 6.54. The van der Waals surface area contributed by atoms with Gasteiger partial charge in [0.2, 0.25) is 5.91 Å². The molecule has 1 amide bonds. The van der Waals surface area contributed by atoms with Crippen molar-refractivity contribution < 1.29 is 56.3 Å². The van der Waals surface area contributed by atoms with Crippen LogP contribution in [-0.2, 0) is 48.1 Å². The lowest BCUT2D eigenvalue weighted by molar-refractivity contribution is -0.130. The first kappa shape index (κ1) is 44.7. The maximum atomic E-state index is 12.6. The van der Waals surface area contributed by atoms with E-state index in [9.17, 15) is 9.59 Å². The lowest BCUT2D eigenvalue weighted by atomic mass is 10.1. The largest absolute Gasteiger partial charge is 0.487 e. The molecule has 64 heavy (non-hydrogen) atoms. The third kappa shape index (κ3) is 18.1. The number of para-hydroxylation sites is 4. The number of hydrogen-bond acceptors (Lipinski definition) is 11.